The fourth-order valence-corrected chi connectivity index (χ4v) is 4.28. The van der Waals surface area contributed by atoms with Crippen LogP contribution in [-0.4, -0.2) is 46.8 Å². The van der Waals surface area contributed by atoms with E-state index >= 15 is 0 Å². The number of amides is 2. The van der Waals surface area contributed by atoms with E-state index in [9.17, 15) is 14.7 Å². The first-order valence-corrected chi connectivity index (χ1v) is 11.3. The van der Waals surface area contributed by atoms with Gasteiger partial charge in [-0.15, -0.1) is 0 Å². The normalized spacial score (nSPS) is 14.0. The number of hydrogen-bond acceptors (Lipinski definition) is 5. The van der Waals surface area contributed by atoms with Crippen molar-refractivity contribution in [3.8, 4) is 11.6 Å². The first kappa shape index (κ1) is 23.7. The van der Waals surface area contributed by atoms with Gasteiger partial charge in [0.15, 0.2) is 12.4 Å². The van der Waals surface area contributed by atoms with Crippen molar-refractivity contribution in [1.29, 1.82) is 0 Å². The quantitative estimate of drug-likeness (QED) is 0.382. The lowest BCUT2D eigenvalue weighted by Crippen LogP contribution is -2.41. The number of pyridine rings is 1. The van der Waals surface area contributed by atoms with Gasteiger partial charge in [0.1, 0.15) is 5.57 Å². The zero-order valence-corrected chi connectivity index (χ0v) is 20.2. The summed E-state index contributed by atoms with van der Waals surface area (Å²) in [6, 6.07) is 8.66. The Kier molecular flexibility index (Phi) is 6.54. The van der Waals surface area contributed by atoms with E-state index in [1.807, 2.05) is 26.8 Å². The molecule has 1 aromatic carbocycles. The summed E-state index contributed by atoms with van der Waals surface area (Å²) in [7, 11) is 1.50. The van der Waals surface area contributed by atoms with Crippen molar-refractivity contribution in [2.24, 2.45) is 0 Å². The highest BCUT2D eigenvalue weighted by molar-refractivity contribution is 6.45. The first-order chi connectivity index (χ1) is 16.3. The number of aromatic nitrogens is 3. The summed E-state index contributed by atoms with van der Waals surface area (Å²) >= 11 is 6.00. The molecule has 0 atom stereocenters. The van der Waals surface area contributed by atoms with Crippen LogP contribution in [-0.2, 0) is 20.7 Å². The van der Waals surface area contributed by atoms with Gasteiger partial charge in [0.25, 0.3) is 11.6 Å². The van der Waals surface area contributed by atoms with Crippen molar-refractivity contribution in [3.05, 3.63) is 70.1 Å². The van der Waals surface area contributed by atoms with E-state index in [2.05, 4.69) is 5.10 Å². The van der Waals surface area contributed by atoms with Crippen molar-refractivity contribution in [2.45, 2.75) is 27.2 Å². The number of benzene rings is 1. The summed E-state index contributed by atoms with van der Waals surface area (Å²) in [6.07, 6.45) is 3.94. The number of aryl methyl sites for hydroxylation is 3. The Bertz CT molecular complexity index is 1290. The monoisotopic (exact) mass is 480 g/mol. The van der Waals surface area contributed by atoms with E-state index in [4.69, 9.17) is 16.3 Å². The van der Waals surface area contributed by atoms with Gasteiger partial charge < -0.3 is 9.84 Å². The van der Waals surface area contributed by atoms with Gasteiger partial charge >= 0.3 is 5.91 Å². The van der Waals surface area contributed by atoms with Crippen LogP contribution < -0.4 is 9.67 Å². The molecule has 4 rings (SSSR count). The molecular formula is C25H25ClN4O4. The average Bonchev–Trinajstić information content (AvgIpc) is 3.24. The van der Waals surface area contributed by atoms with Gasteiger partial charge in [0.05, 0.1) is 24.5 Å². The SMILES string of the molecule is CCc1nn(-c2ccc(Cl)cc2)c([O-])c1C1=C([n+]2cc(C)cc(C)c2)C(=O)N(CCOC)C1=O. The second kappa shape index (κ2) is 9.40. The lowest BCUT2D eigenvalue weighted by atomic mass is 10.0. The highest BCUT2D eigenvalue weighted by Crippen LogP contribution is 2.37. The number of imide groups is 1. The van der Waals surface area contributed by atoms with Crippen molar-refractivity contribution < 1.29 is 24.0 Å². The standard InChI is InChI=1S/C25H25ClN4O4/c1-5-19-20(24(32)30(27-19)18-8-6-17(26)7-9-18)21-22(28-13-15(2)12-16(3)14-28)25(33)29(23(21)31)10-11-34-4/h6-9,12-14H,5,10-11H2,1-4H3. The lowest BCUT2D eigenvalue weighted by molar-refractivity contribution is -0.577. The number of ether oxygens (including phenoxy) is 1. The Morgan fingerprint density at radius 3 is 2.32 bits per heavy atom. The third-order valence-electron chi connectivity index (χ3n) is 5.63. The van der Waals surface area contributed by atoms with Crippen LogP contribution in [0.2, 0.25) is 5.02 Å². The van der Waals surface area contributed by atoms with Gasteiger partial charge in [-0.05, 0) is 56.5 Å². The Morgan fingerprint density at radius 1 is 1.09 bits per heavy atom. The average molecular weight is 481 g/mol. The molecule has 0 unspecified atom stereocenters. The van der Waals surface area contributed by atoms with E-state index in [1.165, 1.54) is 11.8 Å². The van der Waals surface area contributed by atoms with Crippen LogP contribution >= 0.6 is 11.6 Å². The Labute approximate surface area is 202 Å². The lowest BCUT2D eigenvalue weighted by Gasteiger charge is -2.15. The van der Waals surface area contributed by atoms with Crippen molar-refractivity contribution >= 4 is 34.7 Å². The molecule has 3 aromatic rings. The second-order valence-electron chi connectivity index (χ2n) is 8.14. The third kappa shape index (κ3) is 4.10. The van der Waals surface area contributed by atoms with E-state index in [0.717, 1.165) is 16.0 Å². The van der Waals surface area contributed by atoms with Gasteiger partial charge in [-0.25, -0.2) is 4.68 Å². The zero-order chi connectivity index (χ0) is 24.6. The molecule has 0 saturated heterocycles. The molecule has 0 fully saturated rings. The maximum Gasteiger partial charge on any atom is 0.326 e. The Balaban J connectivity index is 1.98. The van der Waals surface area contributed by atoms with Crippen molar-refractivity contribution in [1.82, 2.24) is 14.7 Å². The number of carbonyl (C=O) groups is 2. The minimum absolute atomic E-state index is 0.0539. The summed E-state index contributed by atoms with van der Waals surface area (Å²) in [5, 5.41) is 18.6. The molecule has 176 valence electrons. The molecule has 1 aliphatic heterocycles. The molecule has 8 nitrogen and oxygen atoms in total. The van der Waals surface area contributed by atoms with Crippen LogP contribution in [0.25, 0.3) is 17.0 Å². The number of halogens is 1. The summed E-state index contributed by atoms with van der Waals surface area (Å²) in [6.45, 7) is 5.93. The van der Waals surface area contributed by atoms with E-state index in [-0.39, 0.29) is 30.0 Å². The molecule has 0 radical (unpaired) electrons. The zero-order valence-electron chi connectivity index (χ0n) is 19.5. The van der Waals surface area contributed by atoms with Crippen LogP contribution in [0.1, 0.15) is 29.3 Å². The molecule has 0 saturated carbocycles. The molecule has 3 heterocycles. The highest BCUT2D eigenvalue weighted by Gasteiger charge is 2.46. The molecule has 0 N–H and O–H groups in total. The molecule has 2 amide bonds. The topological polar surface area (TPSA) is 91.4 Å². The predicted octanol–water partition coefficient (Wildman–Crippen LogP) is 2.45. The number of rotatable bonds is 7. The smallest absolute Gasteiger partial charge is 0.326 e. The molecule has 9 heteroatoms. The highest BCUT2D eigenvalue weighted by atomic mass is 35.5. The van der Waals surface area contributed by atoms with Gasteiger partial charge in [0, 0.05) is 28.8 Å². The van der Waals surface area contributed by atoms with Gasteiger partial charge in [-0.3, -0.25) is 14.5 Å². The largest absolute Gasteiger partial charge is 0.858 e. The summed E-state index contributed by atoms with van der Waals surface area (Å²) in [5.74, 6) is -1.48. The third-order valence-corrected chi connectivity index (χ3v) is 5.89. The van der Waals surface area contributed by atoms with Crippen molar-refractivity contribution in [3.63, 3.8) is 0 Å². The molecular weight excluding hydrogens is 456 g/mol. The molecule has 34 heavy (non-hydrogen) atoms. The Morgan fingerprint density at radius 2 is 1.74 bits per heavy atom. The van der Waals surface area contributed by atoms with Crippen LogP contribution in [0, 0.1) is 13.8 Å². The van der Waals surface area contributed by atoms with E-state index in [0.29, 0.717) is 22.8 Å². The van der Waals surface area contributed by atoms with Gasteiger partial charge in [-0.2, -0.15) is 9.67 Å². The van der Waals surface area contributed by atoms with Gasteiger partial charge in [-0.1, -0.05) is 18.5 Å². The van der Waals surface area contributed by atoms with Crippen LogP contribution in [0.3, 0.4) is 0 Å². The maximum absolute atomic E-state index is 13.6. The Hall–Kier alpha value is -3.49. The maximum atomic E-state index is 13.6. The minimum Gasteiger partial charge on any atom is -0.858 e. The predicted molar refractivity (Wildman–Crippen MR) is 125 cm³/mol. The number of carbonyl (C=O) groups excluding carboxylic acids is 2. The molecule has 0 spiro atoms. The van der Waals surface area contributed by atoms with Crippen LogP contribution in [0.4, 0.5) is 0 Å². The number of methoxy groups -OCH3 is 1. The molecule has 1 aliphatic rings. The fourth-order valence-electron chi connectivity index (χ4n) is 4.15. The van der Waals surface area contributed by atoms with Gasteiger partial charge in [0.2, 0.25) is 0 Å². The van der Waals surface area contributed by atoms with E-state index < -0.39 is 17.7 Å². The molecule has 0 aliphatic carbocycles. The number of nitrogens with zero attached hydrogens (tertiary/aromatic N) is 4. The summed E-state index contributed by atoms with van der Waals surface area (Å²) in [5.41, 5.74) is 3.11. The molecule has 0 bridgehead atoms. The van der Waals surface area contributed by atoms with E-state index in [1.54, 1.807) is 41.2 Å². The fraction of sp³-hybridized carbons (Fsp3) is 0.280. The van der Waals surface area contributed by atoms with Crippen LogP contribution in [0.5, 0.6) is 5.88 Å². The molecule has 2 aromatic heterocycles. The summed E-state index contributed by atoms with van der Waals surface area (Å²) < 4.78 is 7.98. The van der Waals surface area contributed by atoms with Crippen molar-refractivity contribution in [2.75, 3.05) is 20.3 Å². The first-order valence-electron chi connectivity index (χ1n) is 10.9. The minimum atomic E-state index is -0.536. The number of hydrogen-bond donors (Lipinski definition) is 0. The van der Waals surface area contributed by atoms with Crippen LogP contribution in [0.15, 0.2) is 42.7 Å². The second-order valence-corrected chi connectivity index (χ2v) is 8.58. The summed E-state index contributed by atoms with van der Waals surface area (Å²) in [4.78, 5) is 28.2.